The zero-order valence-corrected chi connectivity index (χ0v) is 17.7. The third-order valence-corrected chi connectivity index (χ3v) is 7.92. The van der Waals surface area contributed by atoms with Crippen LogP contribution in [0.3, 0.4) is 0 Å². The number of allylic oxidation sites excluding steroid dienone is 1. The van der Waals surface area contributed by atoms with E-state index in [2.05, 4.69) is 10.3 Å². The summed E-state index contributed by atoms with van der Waals surface area (Å²) in [4.78, 5) is 37.6. The molecule has 0 amide bonds. The second-order valence-corrected chi connectivity index (χ2v) is 9.41. The molecular weight excluding hydrogens is 398 g/mol. The number of anilines is 1. The van der Waals surface area contributed by atoms with Gasteiger partial charge >= 0.3 is 5.97 Å². The molecule has 3 unspecified atom stereocenters. The van der Waals surface area contributed by atoms with E-state index in [0.717, 1.165) is 0 Å². The summed E-state index contributed by atoms with van der Waals surface area (Å²) in [6, 6.07) is 6.97. The molecule has 1 aromatic carbocycles. The van der Waals surface area contributed by atoms with E-state index in [1.807, 2.05) is 6.92 Å². The second kappa shape index (κ2) is 6.32. The quantitative estimate of drug-likeness (QED) is 0.579. The molecule has 2 fully saturated rings. The van der Waals surface area contributed by atoms with Crippen molar-refractivity contribution in [2.45, 2.75) is 50.9 Å². The van der Waals surface area contributed by atoms with Crippen LogP contribution in [-0.2, 0) is 14.3 Å². The molecule has 1 N–H and O–H groups in total. The number of aliphatic hydroxyl groups is 1. The Kier molecular flexibility index (Phi) is 4.09. The smallest absolute Gasteiger partial charge is 0.338 e. The van der Waals surface area contributed by atoms with Gasteiger partial charge in [0.2, 0.25) is 5.54 Å². The van der Waals surface area contributed by atoms with Crippen LogP contribution in [0.2, 0.25) is 0 Å². The van der Waals surface area contributed by atoms with Crippen molar-refractivity contribution >= 4 is 23.2 Å². The van der Waals surface area contributed by atoms with E-state index in [9.17, 15) is 19.5 Å². The number of fused-ring (bicyclic) bond motifs is 4. The Bertz CT molecular complexity index is 1050. The molecule has 31 heavy (non-hydrogen) atoms. The van der Waals surface area contributed by atoms with Gasteiger partial charge in [-0.2, -0.15) is 0 Å². The highest BCUT2D eigenvalue weighted by atomic mass is 16.6. The summed E-state index contributed by atoms with van der Waals surface area (Å²) < 4.78 is 5.83. The first-order valence-corrected chi connectivity index (χ1v) is 10.6. The van der Waals surface area contributed by atoms with Gasteiger partial charge in [-0.1, -0.05) is 12.1 Å². The Morgan fingerprint density at radius 2 is 1.94 bits per heavy atom. The first-order chi connectivity index (χ1) is 14.6. The summed E-state index contributed by atoms with van der Waals surface area (Å²) in [5.41, 5.74) is -2.54. The van der Waals surface area contributed by atoms with Gasteiger partial charge < -0.3 is 9.84 Å². The summed E-state index contributed by atoms with van der Waals surface area (Å²) in [5, 5.41) is 21.8. The van der Waals surface area contributed by atoms with E-state index in [-0.39, 0.29) is 29.9 Å². The minimum Gasteiger partial charge on any atom is -0.459 e. The van der Waals surface area contributed by atoms with Crippen molar-refractivity contribution in [1.29, 1.82) is 0 Å². The summed E-state index contributed by atoms with van der Waals surface area (Å²) in [7, 11) is 0. The van der Waals surface area contributed by atoms with Crippen LogP contribution in [0.25, 0.3) is 0 Å². The molecule has 0 bridgehead atoms. The van der Waals surface area contributed by atoms with E-state index in [4.69, 9.17) is 4.74 Å². The standard InChI is InChI=1S/C23H25N3O5/c1-13-4-9-17-19(21(3)18(28)10-11-23(13,21)30)31-20(29)22(17)12-26(25-24-22)16-7-5-15(6-8-16)14(2)27/h5-8,10-11,13,17,19,30H,4,9,12H2,1-3H3/t13-,17?,19?,21-,22?,23+/m0/s1. The molecule has 5 rings (SSSR count). The van der Waals surface area contributed by atoms with Gasteiger partial charge in [0.1, 0.15) is 11.7 Å². The van der Waals surface area contributed by atoms with Crippen molar-refractivity contribution in [2.24, 2.45) is 27.6 Å². The Labute approximate surface area is 179 Å². The van der Waals surface area contributed by atoms with Gasteiger partial charge in [0.25, 0.3) is 0 Å². The topological polar surface area (TPSA) is 109 Å². The summed E-state index contributed by atoms with van der Waals surface area (Å²) in [5.74, 6) is -1.32. The van der Waals surface area contributed by atoms with Crippen LogP contribution in [0.4, 0.5) is 5.69 Å². The van der Waals surface area contributed by atoms with E-state index in [1.165, 1.54) is 13.0 Å². The lowest BCUT2D eigenvalue weighted by atomic mass is 9.63. The lowest BCUT2D eigenvalue weighted by molar-refractivity contribution is -0.166. The van der Waals surface area contributed by atoms with Gasteiger partial charge in [-0.15, -0.1) is 5.11 Å². The van der Waals surface area contributed by atoms with Crippen LogP contribution in [0.15, 0.2) is 46.8 Å². The molecule has 8 nitrogen and oxygen atoms in total. The van der Waals surface area contributed by atoms with Crippen molar-refractivity contribution in [3.8, 4) is 0 Å². The largest absolute Gasteiger partial charge is 0.459 e. The third-order valence-electron chi connectivity index (χ3n) is 7.92. The minimum absolute atomic E-state index is 0.0311. The number of hydrogen-bond donors (Lipinski definition) is 1. The van der Waals surface area contributed by atoms with E-state index >= 15 is 0 Å². The summed E-state index contributed by atoms with van der Waals surface area (Å²) >= 11 is 0. The maximum atomic E-state index is 13.2. The maximum absolute atomic E-state index is 13.2. The predicted molar refractivity (Wildman–Crippen MR) is 110 cm³/mol. The molecule has 8 heteroatoms. The zero-order valence-electron chi connectivity index (χ0n) is 17.7. The van der Waals surface area contributed by atoms with Crippen LogP contribution in [0.1, 0.15) is 44.0 Å². The highest BCUT2D eigenvalue weighted by molar-refractivity contribution is 6.01. The van der Waals surface area contributed by atoms with Crippen LogP contribution < -0.4 is 5.01 Å². The van der Waals surface area contributed by atoms with Crippen LogP contribution in [0, 0.1) is 17.3 Å². The molecule has 0 radical (unpaired) electrons. The van der Waals surface area contributed by atoms with Crippen molar-refractivity contribution in [3.05, 3.63) is 42.0 Å². The fraction of sp³-hybridized carbons (Fsp3) is 0.522. The maximum Gasteiger partial charge on any atom is 0.338 e. The van der Waals surface area contributed by atoms with Crippen molar-refractivity contribution in [1.82, 2.24) is 0 Å². The third kappa shape index (κ3) is 2.42. The molecule has 1 spiro atoms. The van der Waals surface area contributed by atoms with E-state index in [0.29, 0.717) is 24.1 Å². The normalized spacial score (nSPS) is 40.8. The monoisotopic (exact) mass is 423 g/mol. The second-order valence-electron chi connectivity index (χ2n) is 9.41. The minimum atomic E-state index is -1.37. The van der Waals surface area contributed by atoms with Crippen LogP contribution in [-0.4, -0.2) is 46.4 Å². The van der Waals surface area contributed by atoms with E-state index in [1.54, 1.807) is 42.3 Å². The first kappa shape index (κ1) is 20.1. The molecule has 0 aromatic heterocycles. The number of carbonyl (C=O) groups is 3. The number of benzene rings is 1. The first-order valence-electron chi connectivity index (χ1n) is 10.6. The molecule has 2 heterocycles. The number of ketones is 2. The molecular formula is C23H25N3O5. The number of ether oxygens (including phenoxy) is 1. The number of nitrogens with zero attached hydrogens (tertiary/aromatic N) is 3. The van der Waals surface area contributed by atoms with Gasteiger partial charge in [-0.3, -0.25) is 9.59 Å². The van der Waals surface area contributed by atoms with Gasteiger partial charge in [-0.25, -0.2) is 9.80 Å². The Morgan fingerprint density at radius 3 is 2.61 bits per heavy atom. The number of hydrogen-bond acceptors (Lipinski definition) is 8. The molecule has 2 aliphatic carbocycles. The molecule has 2 aliphatic heterocycles. The van der Waals surface area contributed by atoms with Gasteiger partial charge in [0, 0.05) is 11.5 Å². The molecule has 162 valence electrons. The zero-order chi connectivity index (χ0) is 22.2. The van der Waals surface area contributed by atoms with Gasteiger partial charge in [-0.05, 0) is 69.0 Å². The number of carbonyl (C=O) groups excluding carboxylic acids is 3. The molecule has 1 saturated heterocycles. The summed E-state index contributed by atoms with van der Waals surface area (Å²) in [6.45, 7) is 5.32. The van der Waals surface area contributed by atoms with Crippen molar-refractivity contribution in [2.75, 3.05) is 11.6 Å². The number of Topliss-reactive ketones (excluding diaryl/α,β-unsaturated/α-hetero) is 1. The number of rotatable bonds is 2. The van der Waals surface area contributed by atoms with Crippen molar-refractivity contribution in [3.63, 3.8) is 0 Å². The highest BCUT2D eigenvalue weighted by Crippen LogP contribution is 2.59. The lowest BCUT2D eigenvalue weighted by Gasteiger charge is -2.43. The Morgan fingerprint density at radius 1 is 1.23 bits per heavy atom. The number of esters is 1. The SMILES string of the molecule is CC(=O)c1ccc(N2CC3(N=N2)C(=O)OC2C3CC[C@H](C)[C@]3(O)C=CC(=O)[C@@]23C)cc1. The molecule has 4 aliphatic rings. The molecule has 6 atom stereocenters. The van der Waals surface area contributed by atoms with Gasteiger partial charge in [0.15, 0.2) is 11.6 Å². The summed E-state index contributed by atoms with van der Waals surface area (Å²) in [6.07, 6.45) is 3.42. The Balaban J connectivity index is 1.49. The highest BCUT2D eigenvalue weighted by Gasteiger charge is 2.72. The van der Waals surface area contributed by atoms with Crippen LogP contribution in [0.5, 0.6) is 0 Å². The van der Waals surface area contributed by atoms with Gasteiger partial charge in [0.05, 0.1) is 17.6 Å². The fourth-order valence-corrected chi connectivity index (χ4v) is 5.79. The average Bonchev–Trinajstić information content (AvgIpc) is 3.37. The Hall–Kier alpha value is -2.87. The molecule has 1 aromatic rings. The molecule has 1 saturated carbocycles. The average molecular weight is 423 g/mol. The van der Waals surface area contributed by atoms with Crippen molar-refractivity contribution < 1.29 is 24.2 Å². The van der Waals surface area contributed by atoms with Crippen LogP contribution >= 0.6 is 0 Å². The lowest BCUT2D eigenvalue weighted by Crippen LogP contribution is -2.57. The predicted octanol–water partition coefficient (Wildman–Crippen LogP) is 2.66. The van der Waals surface area contributed by atoms with E-state index < -0.39 is 28.6 Å². The fourth-order valence-electron chi connectivity index (χ4n) is 5.79.